The van der Waals surface area contributed by atoms with Gasteiger partial charge in [0.2, 0.25) is 5.91 Å². The number of amides is 1. The highest BCUT2D eigenvalue weighted by Crippen LogP contribution is 2.22. The second-order valence-electron chi connectivity index (χ2n) is 4.97. The maximum absolute atomic E-state index is 12.2. The van der Waals surface area contributed by atoms with Gasteiger partial charge < -0.3 is 11.1 Å². The van der Waals surface area contributed by atoms with Crippen molar-refractivity contribution in [3.8, 4) is 0 Å². The molecule has 0 aliphatic carbocycles. The Morgan fingerprint density at radius 1 is 1.29 bits per heavy atom. The number of carbonyl (C=O) groups is 1. The largest absolute Gasteiger partial charge is 0.355 e. The molecule has 1 heterocycles. The summed E-state index contributed by atoms with van der Waals surface area (Å²) in [5, 5.41) is 2.96. The molecule has 1 amide bonds. The maximum Gasteiger partial charge on any atom is 0.224 e. The van der Waals surface area contributed by atoms with Gasteiger partial charge >= 0.3 is 0 Å². The average molecular weight is 367 g/mol. The van der Waals surface area contributed by atoms with Crippen LogP contribution in [0.2, 0.25) is 0 Å². The van der Waals surface area contributed by atoms with E-state index in [1.807, 2.05) is 43.3 Å². The summed E-state index contributed by atoms with van der Waals surface area (Å²) in [6.45, 7) is 2.51. The SMILES string of the molecule is CC(C(=O)NCCc1ccc(Br)s1)C(N)c1ccccc1. The lowest BCUT2D eigenvalue weighted by molar-refractivity contribution is -0.125. The molecule has 3 N–H and O–H groups in total. The molecule has 0 spiro atoms. The fourth-order valence-electron chi connectivity index (χ4n) is 2.08. The monoisotopic (exact) mass is 366 g/mol. The Labute approximate surface area is 137 Å². The van der Waals surface area contributed by atoms with Crippen molar-refractivity contribution in [3.05, 3.63) is 56.7 Å². The zero-order valence-electron chi connectivity index (χ0n) is 11.9. The molecule has 112 valence electrons. The molecule has 2 unspecified atom stereocenters. The van der Waals surface area contributed by atoms with E-state index in [4.69, 9.17) is 5.73 Å². The summed E-state index contributed by atoms with van der Waals surface area (Å²) in [6, 6.07) is 13.6. The fraction of sp³-hybridized carbons (Fsp3) is 0.312. The standard InChI is InChI=1S/C16H19BrN2OS/c1-11(15(18)12-5-3-2-4-6-12)16(20)19-10-9-13-7-8-14(17)21-13/h2-8,11,15H,9-10,18H2,1H3,(H,19,20). The van der Waals surface area contributed by atoms with Crippen molar-refractivity contribution in [2.45, 2.75) is 19.4 Å². The Morgan fingerprint density at radius 2 is 2.00 bits per heavy atom. The van der Waals surface area contributed by atoms with Crippen LogP contribution >= 0.6 is 27.3 Å². The fourth-order valence-corrected chi connectivity index (χ4v) is 3.57. The first kappa shape index (κ1) is 16.2. The van der Waals surface area contributed by atoms with Gasteiger partial charge in [0.1, 0.15) is 0 Å². The Hall–Kier alpha value is -1.17. The average Bonchev–Trinajstić information content (AvgIpc) is 2.92. The van der Waals surface area contributed by atoms with Gasteiger partial charge in [0.15, 0.2) is 0 Å². The van der Waals surface area contributed by atoms with E-state index in [-0.39, 0.29) is 17.9 Å². The van der Waals surface area contributed by atoms with E-state index in [0.717, 1.165) is 15.8 Å². The third-order valence-corrected chi connectivity index (χ3v) is 5.12. The Bertz CT molecular complexity index is 585. The molecular formula is C16H19BrN2OS. The van der Waals surface area contributed by atoms with Crippen LogP contribution in [0, 0.1) is 5.92 Å². The summed E-state index contributed by atoms with van der Waals surface area (Å²) in [4.78, 5) is 13.4. The third-order valence-electron chi connectivity index (χ3n) is 3.44. The van der Waals surface area contributed by atoms with Crippen LogP contribution in [0.1, 0.15) is 23.4 Å². The number of halogens is 1. The number of carbonyl (C=O) groups excluding carboxylic acids is 1. The molecule has 1 aromatic carbocycles. The molecular weight excluding hydrogens is 348 g/mol. The van der Waals surface area contributed by atoms with Crippen molar-refractivity contribution >= 4 is 33.2 Å². The summed E-state index contributed by atoms with van der Waals surface area (Å²) in [6.07, 6.45) is 0.843. The van der Waals surface area contributed by atoms with E-state index in [9.17, 15) is 4.79 Å². The molecule has 2 atom stereocenters. The van der Waals surface area contributed by atoms with Gasteiger partial charge in [-0.3, -0.25) is 4.79 Å². The summed E-state index contributed by atoms with van der Waals surface area (Å²) in [7, 11) is 0. The van der Waals surface area contributed by atoms with Gasteiger partial charge in [-0.2, -0.15) is 0 Å². The van der Waals surface area contributed by atoms with Gasteiger partial charge in [-0.05, 0) is 40.0 Å². The zero-order valence-corrected chi connectivity index (χ0v) is 14.3. The molecule has 0 saturated heterocycles. The molecule has 1 aromatic heterocycles. The number of nitrogens with one attached hydrogen (secondary N) is 1. The van der Waals surface area contributed by atoms with Crippen molar-refractivity contribution in [2.24, 2.45) is 11.7 Å². The lowest BCUT2D eigenvalue weighted by Gasteiger charge is -2.19. The molecule has 0 aliphatic rings. The van der Waals surface area contributed by atoms with Crippen LogP contribution in [0.3, 0.4) is 0 Å². The minimum absolute atomic E-state index is 0.00183. The predicted molar refractivity (Wildman–Crippen MR) is 91.3 cm³/mol. The number of benzene rings is 1. The van der Waals surface area contributed by atoms with Crippen LogP contribution in [-0.2, 0) is 11.2 Å². The van der Waals surface area contributed by atoms with Crippen LogP contribution in [0.25, 0.3) is 0 Å². The van der Waals surface area contributed by atoms with Crippen LogP contribution in [0.5, 0.6) is 0 Å². The molecule has 0 radical (unpaired) electrons. The van der Waals surface area contributed by atoms with Crippen molar-refractivity contribution in [1.29, 1.82) is 0 Å². The topological polar surface area (TPSA) is 55.1 Å². The minimum atomic E-state index is -0.276. The maximum atomic E-state index is 12.2. The lowest BCUT2D eigenvalue weighted by Crippen LogP contribution is -2.36. The molecule has 21 heavy (non-hydrogen) atoms. The first-order valence-electron chi connectivity index (χ1n) is 6.90. The summed E-state index contributed by atoms with van der Waals surface area (Å²) >= 11 is 5.13. The molecule has 0 bridgehead atoms. The number of nitrogens with two attached hydrogens (primary N) is 1. The summed E-state index contributed by atoms with van der Waals surface area (Å²) < 4.78 is 1.11. The van der Waals surface area contributed by atoms with Gasteiger partial charge in [-0.15, -0.1) is 11.3 Å². The Kier molecular flexibility index (Phi) is 5.96. The van der Waals surface area contributed by atoms with Gasteiger partial charge in [0.25, 0.3) is 0 Å². The normalized spacial score (nSPS) is 13.7. The minimum Gasteiger partial charge on any atom is -0.355 e. The van der Waals surface area contributed by atoms with E-state index in [2.05, 4.69) is 27.3 Å². The van der Waals surface area contributed by atoms with Crippen LogP contribution in [0.4, 0.5) is 0 Å². The number of rotatable bonds is 6. The second-order valence-corrected chi connectivity index (χ2v) is 7.52. The zero-order chi connectivity index (χ0) is 15.2. The number of hydrogen-bond donors (Lipinski definition) is 2. The van der Waals surface area contributed by atoms with E-state index in [1.165, 1.54) is 4.88 Å². The van der Waals surface area contributed by atoms with E-state index in [1.54, 1.807) is 11.3 Å². The van der Waals surface area contributed by atoms with Crippen molar-refractivity contribution in [3.63, 3.8) is 0 Å². The molecule has 2 rings (SSSR count). The smallest absolute Gasteiger partial charge is 0.224 e. The molecule has 3 nitrogen and oxygen atoms in total. The predicted octanol–water partition coefficient (Wildman–Crippen LogP) is 3.51. The highest BCUT2D eigenvalue weighted by Gasteiger charge is 2.21. The van der Waals surface area contributed by atoms with Crippen molar-refractivity contribution in [1.82, 2.24) is 5.32 Å². The summed E-state index contributed by atoms with van der Waals surface area (Å²) in [5.41, 5.74) is 7.15. The van der Waals surface area contributed by atoms with Crippen molar-refractivity contribution < 1.29 is 4.79 Å². The molecule has 0 fully saturated rings. The van der Waals surface area contributed by atoms with E-state index >= 15 is 0 Å². The van der Waals surface area contributed by atoms with Gasteiger partial charge in [-0.1, -0.05) is 37.3 Å². The van der Waals surface area contributed by atoms with Crippen LogP contribution < -0.4 is 11.1 Å². The van der Waals surface area contributed by atoms with Crippen LogP contribution in [0.15, 0.2) is 46.3 Å². The molecule has 5 heteroatoms. The van der Waals surface area contributed by atoms with Gasteiger partial charge in [0, 0.05) is 17.5 Å². The quantitative estimate of drug-likeness (QED) is 0.821. The Morgan fingerprint density at radius 3 is 2.62 bits per heavy atom. The summed E-state index contributed by atoms with van der Waals surface area (Å²) in [5.74, 6) is -0.246. The molecule has 0 aliphatic heterocycles. The van der Waals surface area contributed by atoms with E-state index in [0.29, 0.717) is 6.54 Å². The van der Waals surface area contributed by atoms with Gasteiger partial charge in [-0.25, -0.2) is 0 Å². The number of hydrogen-bond acceptors (Lipinski definition) is 3. The molecule has 2 aromatic rings. The third kappa shape index (κ3) is 4.66. The van der Waals surface area contributed by atoms with Crippen molar-refractivity contribution in [2.75, 3.05) is 6.54 Å². The lowest BCUT2D eigenvalue weighted by atomic mass is 9.95. The highest BCUT2D eigenvalue weighted by atomic mass is 79.9. The van der Waals surface area contributed by atoms with Gasteiger partial charge in [0.05, 0.1) is 9.70 Å². The molecule has 0 saturated carbocycles. The number of thiophene rings is 1. The first-order chi connectivity index (χ1) is 10.1. The second kappa shape index (κ2) is 7.73. The highest BCUT2D eigenvalue weighted by molar-refractivity contribution is 9.11. The first-order valence-corrected chi connectivity index (χ1v) is 8.51. The van der Waals surface area contributed by atoms with E-state index < -0.39 is 0 Å². The Balaban J connectivity index is 1.82. The van der Waals surface area contributed by atoms with Crippen LogP contribution in [-0.4, -0.2) is 12.5 Å².